The number of benzene rings is 1. The first-order valence-corrected chi connectivity index (χ1v) is 7.39. The summed E-state index contributed by atoms with van der Waals surface area (Å²) in [5, 5.41) is 5.20. The van der Waals surface area contributed by atoms with Crippen LogP contribution in [-0.2, 0) is 4.74 Å². The van der Waals surface area contributed by atoms with E-state index < -0.39 is 17.8 Å². The Morgan fingerprint density at radius 3 is 2.42 bits per heavy atom. The van der Waals surface area contributed by atoms with E-state index >= 15 is 0 Å². The Bertz CT molecular complexity index is 760. The van der Waals surface area contributed by atoms with Gasteiger partial charge in [-0.3, -0.25) is 4.98 Å². The predicted octanol–water partition coefficient (Wildman–Crippen LogP) is 3.66. The summed E-state index contributed by atoms with van der Waals surface area (Å²) in [5.74, 6) is -0.886. The zero-order valence-electron chi connectivity index (χ0n) is 13.6. The Hall–Kier alpha value is -2.96. The van der Waals surface area contributed by atoms with Crippen molar-refractivity contribution in [1.29, 1.82) is 0 Å². The number of esters is 1. The minimum Gasteiger partial charge on any atom is -0.462 e. The quantitative estimate of drug-likeness (QED) is 0.838. The first-order valence-electron chi connectivity index (χ1n) is 7.39. The van der Waals surface area contributed by atoms with Crippen molar-refractivity contribution >= 4 is 23.4 Å². The van der Waals surface area contributed by atoms with Crippen LogP contribution >= 0.6 is 0 Å². The number of carbonyl (C=O) groups is 2. The number of nitrogens with one attached hydrogen (secondary N) is 2. The minimum absolute atomic E-state index is 0.250. The van der Waals surface area contributed by atoms with Gasteiger partial charge in [0.25, 0.3) is 0 Å². The fourth-order valence-corrected chi connectivity index (χ4v) is 2.09. The summed E-state index contributed by atoms with van der Waals surface area (Å²) in [6.45, 7) is 5.38. The van der Waals surface area contributed by atoms with Gasteiger partial charge in [-0.05, 0) is 51.1 Å². The van der Waals surface area contributed by atoms with Crippen LogP contribution in [0.5, 0.6) is 0 Å². The molecule has 1 heterocycles. The molecule has 0 aliphatic rings. The molecule has 0 radical (unpaired) electrons. The highest BCUT2D eigenvalue weighted by Gasteiger charge is 2.15. The topological polar surface area (TPSA) is 80.3 Å². The smallest absolute Gasteiger partial charge is 0.340 e. The lowest BCUT2D eigenvalue weighted by Crippen LogP contribution is -2.21. The minimum atomic E-state index is -0.523. The standard InChI is InChI=1S/C17H18FN3O3/c1-4-24-16(22)14-9-15(11(3)19-10(14)2)21-17(23)20-13-7-5-12(18)6-8-13/h5-9H,4H2,1-3H3,(H2,20,21,23). The van der Waals surface area contributed by atoms with Gasteiger partial charge in [0, 0.05) is 5.69 Å². The highest BCUT2D eigenvalue weighted by atomic mass is 19.1. The monoisotopic (exact) mass is 331 g/mol. The summed E-state index contributed by atoms with van der Waals surface area (Å²) in [5.41, 5.74) is 2.21. The third-order valence-corrected chi connectivity index (χ3v) is 3.25. The van der Waals surface area contributed by atoms with Gasteiger partial charge in [-0.2, -0.15) is 0 Å². The number of pyridine rings is 1. The molecule has 0 bridgehead atoms. The second-order valence-electron chi connectivity index (χ2n) is 5.06. The summed E-state index contributed by atoms with van der Waals surface area (Å²) in [7, 11) is 0. The van der Waals surface area contributed by atoms with Gasteiger partial charge in [0.2, 0.25) is 0 Å². The normalized spacial score (nSPS) is 10.2. The van der Waals surface area contributed by atoms with Crippen LogP contribution in [0.1, 0.15) is 28.7 Å². The zero-order chi connectivity index (χ0) is 17.7. The molecule has 1 aromatic heterocycles. The van der Waals surface area contributed by atoms with Gasteiger partial charge in [0.15, 0.2) is 0 Å². The van der Waals surface area contributed by atoms with Crippen LogP contribution in [0.15, 0.2) is 30.3 Å². The van der Waals surface area contributed by atoms with Gasteiger partial charge >= 0.3 is 12.0 Å². The largest absolute Gasteiger partial charge is 0.462 e. The molecule has 0 saturated heterocycles. The van der Waals surface area contributed by atoms with E-state index in [1.807, 2.05) is 0 Å². The van der Waals surface area contributed by atoms with Gasteiger partial charge in [0.1, 0.15) is 5.82 Å². The zero-order valence-corrected chi connectivity index (χ0v) is 13.6. The maximum atomic E-state index is 12.9. The number of carbonyl (C=O) groups excluding carboxylic acids is 2. The lowest BCUT2D eigenvalue weighted by Gasteiger charge is -2.12. The molecule has 0 saturated carbocycles. The van der Waals surface area contributed by atoms with Gasteiger partial charge in [-0.25, -0.2) is 14.0 Å². The highest BCUT2D eigenvalue weighted by Crippen LogP contribution is 2.19. The number of halogens is 1. The molecule has 0 fully saturated rings. The molecule has 0 spiro atoms. The van der Waals surface area contributed by atoms with Crippen LogP contribution in [0.25, 0.3) is 0 Å². The molecular weight excluding hydrogens is 313 g/mol. The van der Waals surface area contributed by atoms with Crippen LogP contribution in [0.4, 0.5) is 20.6 Å². The molecular formula is C17H18FN3O3. The molecule has 2 aromatic rings. The molecule has 126 valence electrons. The van der Waals surface area contributed by atoms with E-state index in [9.17, 15) is 14.0 Å². The molecule has 1 aromatic carbocycles. The number of ether oxygens (including phenoxy) is 1. The van der Waals surface area contributed by atoms with Crippen molar-refractivity contribution < 1.29 is 18.7 Å². The fraction of sp³-hybridized carbons (Fsp3) is 0.235. The van der Waals surface area contributed by atoms with Crippen molar-refractivity contribution in [2.45, 2.75) is 20.8 Å². The number of amides is 2. The summed E-state index contributed by atoms with van der Waals surface area (Å²) < 4.78 is 17.8. The van der Waals surface area contributed by atoms with Crippen LogP contribution in [0.3, 0.4) is 0 Å². The molecule has 7 heteroatoms. The van der Waals surface area contributed by atoms with Crippen LogP contribution in [-0.4, -0.2) is 23.6 Å². The lowest BCUT2D eigenvalue weighted by atomic mass is 10.1. The summed E-state index contributed by atoms with van der Waals surface area (Å²) in [6, 6.07) is 6.38. The number of hydrogen-bond donors (Lipinski definition) is 2. The number of nitrogens with zero attached hydrogens (tertiary/aromatic N) is 1. The fourth-order valence-electron chi connectivity index (χ4n) is 2.09. The van der Waals surface area contributed by atoms with E-state index in [4.69, 9.17) is 4.74 Å². The molecule has 2 N–H and O–H groups in total. The third kappa shape index (κ3) is 4.28. The van der Waals surface area contributed by atoms with Gasteiger partial charge in [0.05, 0.1) is 29.2 Å². The first-order chi connectivity index (χ1) is 11.4. The number of rotatable bonds is 4. The van der Waals surface area contributed by atoms with Gasteiger partial charge < -0.3 is 15.4 Å². The maximum absolute atomic E-state index is 12.9. The summed E-state index contributed by atoms with van der Waals surface area (Å²) in [6.07, 6.45) is 0. The SMILES string of the molecule is CCOC(=O)c1cc(NC(=O)Nc2ccc(F)cc2)c(C)nc1C. The van der Waals surface area contributed by atoms with Gasteiger partial charge in [-0.1, -0.05) is 0 Å². The Labute approximate surface area is 139 Å². The van der Waals surface area contributed by atoms with Crippen LogP contribution < -0.4 is 10.6 Å². The molecule has 6 nitrogen and oxygen atoms in total. The van der Waals surface area contributed by atoms with E-state index in [-0.39, 0.29) is 6.61 Å². The summed E-state index contributed by atoms with van der Waals surface area (Å²) >= 11 is 0. The number of urea groups is 1. The Morgan fingerprint density at radius 2 is 1.79 bits per heavy atom. The Morgan fingerprint density at radius 1 is 1.12 bits per heavy atom. The van der Waals surface area contributed by atoms with Crippen molar-refractivity contribution in [1.82, 2.24) is 4.98 Å². The third-order valence-electron chi connectivity index (χ3n) is 3.25. The second kappa shape index (κ2) is 7.54. The average molecular weight is 331 g/mol. The summed E-state index contributed by atoms with van der Waals surface area (Å²) in [4.78, 5) is 28.2. The molecule has 24 heavy (non-hydrogen) atoms. The molecule has 0 unspecified atom stereocenters. The first kappa shape index (κ1) is 17.4. The van der Waals surface area contributed by atoms with Gasteiger partial charge in [-0.15, -0.1) is 0 Å². The number of hydrogen-bond acceptors (Lipinski definition) is 4. The van der Waals surface area contributed by atoms with Crippen molar-refractivity contribution in [3.8, 4) is 0 Å². The molecule has 2 amide bonds. The van der Waals surface area contributed by atoms with E-state index in [1.165, 1.54) is 30.3 Å². The molecule has 0 atom stereocenters. The molecule has 0 aliphatic heterocycles. The van der Waals surface area contributed by atoms with E-state index in [0.717, 1.165) is 0 Å². The Balaban J connectivity index is 2.16. The van der Waals surface area contributed by atoms with Crippen LogP contribution in [0, 0.1) is 19.7 Å². The van der Waals surface area contributed by atoms with Crippen molar-refractivity contribution in [2.75, 3.05) is 17.2 Å². The number of anilines is 2. The lowest BCUT2D eigenvalue weighted by molar-refractivity contribution is 0.0525. The number of aromatic nitrogens is 1. The average Bonchev–Trinajstić information content (AvgIpc) is 2.52. The van der Waals surface area contributed by atoms with Crippen molar-refractivity contribution in [3.05, 3.63) is 53.1 Å². The highest BCUT2D eigenvalue weighted by molar-refractivity contribution is 6.01. The molecule has 0 aliphatic carbocycles. The Kier molecular flexibility index (Phi) is 5.47. The maximum Gasteiger partial charge on any atom is 0.340 e. The van der Waals surface area contributed by atoms with E-state index in [0.29, 0.717) is 28.3 Å². The van der Waals surface area contributed by atoms with E-state index in [1.54, 1.807) is 20.8 Å². The van der Waals surface area contributed by atoms with Crippen LogP contribution in [0.2, 0.25) is 0 Å². The van der Waals surface area contributed by atoms with Crippen molar-refractivity contribution in [2.24, 2.45) is 0 Å². The number of aryl methyl sites for hydroxylation is 2. The van der Waals surface area contributed by atoms with E-state index in [2.05, 4.69) is 15.6 Å². The second-order valence-corrected chi connectivity index (χ2v) is 5.06. The van der Waals surface area contributed by atoms with Crippen molar-refractivity contribution in [3.63, 3.8) is 0 Å². The predicted molar refractivity (Wildman–Crippen MR) is 88.7 cm³/mol. The molecule has 2 rings (SSSR count).